The average Bonchev–Trinajstić information content (AvgIpc) is 3.26. The van der Waals surface area contributed by atoms with Gasteiger partial charge in [0.1, 0.15) is 5.82 Å². The fourth-order valence-corrected chi connectivity index (χ4v) is 5.51. The number of hydrogen-bond donors (Lipinski definition) is 1. The van der Waals surface area contributed by atoms with E-state index >= 15 is 0 Å². The second-order valence-electron chi connectivity index (χ2n) is 8.43. The maximum atomic E-state index is 13.8. The smallest absolute Gasteiger partial charge is 0.261 e. The molecule has 1 aliphatic rings. The van der Waals surface area contributed by atoms with Crippen molar-refractivity contribution >= 4 is 17.2 Å². The summed E-state index contributed by atoms with van der Waals surface area (Å²) in [5.74, 6) is 0.249. The highest BCUT2D eigenvalue weighted by Gasteiger charge is 2.31. The normalized spacial score (nSPS) is 19.9. The molecule has 31 heavy (non-hydrogen) atoms. The molecule has 1 aliphatic carbocycles. The van der Waals surface area contributed by atoms with Crippen molar-refractivity contribution in [2.75, 3.05) is 14.1 Å². The van der Waals surface area contributed by atoms with Gasteiger partial charge in [0.05, 0.1) is 15.4 Å². The molecule has 0 spiro atoms. The summed E-state index contributed by atoms with van der Waals surface area (Å²) in [5.41, 5.74) is 1.91. The standard InChI is InChI=1S/C25H28FN3OS/c1-29(2)24(18-6-5-7-19(26)16-18)17-9-11-20(12-10-17)28-25(30)23-14-13-22(31-23)21-8-3-4-15-27-21/h3-8,13-17,20,24H,9-12H2,1-2H3,(H,28,30). The minimum absolute atomic E-state index is 0.00933. The van der Waals surface area contributed by atoms with E-state index in [4.69, 9.17) is 0 Å². The monoisotopic (exact) mass is 437 g/mol. The first kappa shape index (κ1) is 21.7. The molecule has 0 aliphatic heterocycles. The molecule has 4 rings (SSSR count). The van der Waals surface area contributed by atoms with Gasteiger partial charge in [0.2, 0.25) is 0 Å². The van der Waals surface area contributed by atoms with Crippen molar-refractivity contribution in [1.82, 2.24) is 15.2 Å². The number of rotatable bonds is 6. The van der Waals surface area contributed by atoms with Crippen LogP contribution in [0.5, 0.6) is 0 Å². The molecule has 0 saturated heterocycles. The van der Waals surface area contributed by atoms with Gasteiger partial charge in [-0.2, -0.15) is 0 Å². The number of carbonyl (C=O) groups is 1. The minimum Gasteiger partial charge on any atom is -0.349 e. The molecule has 2 heterocycles. The Bertz CT molecular complexity index is 1010. The van der Waals surface area contributed by atoms with Crippen LogP contribution in [0.15, 0.2) is 60.8 Å². The Kier molecular flexibility index (Phi) is 6.78. The van der Waals surface area contributed by atoms with Gasteiger partial charge in [-0.3, -0.25) is 9.78 Å². The van der Waals surface area contributed by atoms with Gasteiger partial charge in [-0.25, -0.2) is 4.39 Å². The molecule has 1 saturated carbocycles. The van der Waals surface area contributed by atoms with Crippen molar-refractivity contribution in [1.29, 1.82) is 0 Å². The van der Waals surface area contributed by atoms with E-state index in [0.717, 1.165) is 41.8 Å². The number of halogens is 1. The molecule has 1 amide bonds. The zero-order chi connectivity index (χ0) is 21.8. The molecule has 0 bridgehead atoms. The number of thiophene rings is 1. The number of benzene rings is 1. The second kappa shape index (κ2) is 9.71. The van der Waals surface area contributed by atoms with E-state index in [2.05, 4.69) is 29.3 Å². The zero-order valence-electron chi connectivity index (χ0n) is 17.9. The van der Waals surface area contributed by atoms with E-state index in [1.165, 1.54) is 17.4 Å². The molecular weight excluding hydrogens is 409 g/mol. The molecule has 6 heteroatoms. The summed E-state index contributed by atoms with van der Waals surface area (Å²) >= 11 is 1.47. The number of nitrogens with one attached hydrogen (secondary N) is 1. The third-order valence-electron chi connectivity index (χ3n) is 6.05. The predicted octanol–water partition coefficient (Wildman–Crippen LogP) is 5.54. The topological polar surface area (TPSA) is 45.2 Å². The van der Waals surface area contributed by atoms with Crippen LogP contribution < -0.4 is 5.32 Å². The highest BCUT2D eigenvalue weighted by atomic mass is 32.1. The lowest BCUT2D eigenvalue weighted by Crippen LogP contribution is -2.39. The van der Waals surface area contributed by atoms with E-state index in [-0.39, 0.29) is 23.8 Å². The van der Waals surface area contributed by atoms with Crippen LogP contribution in [0.25, 0.3) is 10.6 Å². The molecule has 162 valence electrons. The van der Waals surface area contributed by atoms with Crippen molar-refractivity contribution in [2.24, 2.45) is 5.92 Å². The summed E-state index contributed by atoms with van der Waals surface area (Å²) in [6.45, 7) is 0. The predicted molar refractivity (Wildman–Crippen MR) is 124 cm³/mol. The van der Waals surface area contributed by atoms with Crippen LogP contribution in [0.4, 0.5) is 4.39 Å². The highest BCUT2D eigenvalue weighted by molar-refractivity contribution is 7.17. The summed E-state index contributed by atoms with van der Waals surface area (Å²) in [4.78, 5) is 21.0. The van der Waals surface area contributed by atoms with E-state index < -0.39 is 0 Å². The van der Waals surface area contributed by atoms with Crippen LogP contribution in [0.1, 0.15) is 47.0 Å². The first-order chi connectivity index (χ1) is 15.0. The number of hydrogen-bond acceptors (Lipinski definition) is 4. The lowest BCUT2D eigenvalue weighted by molar-refractivity contribution is 0.0910. The van der Waals surface area contributed by atoms with Crippen molar-refractivity contribution in [3.63, 3.8) is 0 Å². The minimum atomic E-state index is -0.189. The Morgan fingerprint density at radius 2 is 1.90 bits per heavy atom. The van der Waals surface area contributed by atoms with E-state index in [1.807, 2.05) is 36.4 Å². The molecular formula is C25H28FN3OS. The summed E-state index contributed by atoms with van der Waals surface area (Å²) in [6, 6.07) is 16.9. The van der Waals surface area contributed by atoms with Crippen molar-refractivity contribution in [3.05, 3.63) is 77.1 Å². The van der Waals surface area contributed by atoms with Crippen LogP contribution in [-0.2, 0) is 0 Å². The van der Waals surface area contributed by atoms with E-state index in [0.29, 0.717) is 10.8 Å². The van der Waals surface area contributed by atoms with Gasteiger partial charge in [-0.15, -0.1) is 11.3 Å². The van der Waals surface area contributed by atoms with Gasteiger partial charge in [0, 0.05) is 18.3 Å². The molecule has 1 aromatic carbocycles. The van der Waals surface area contributed by atoms with Crippen LogP contribution in [0, 0.1) is 11.7 Å². The molecule has 1 N–H and O–H groups in total. The maximum Gasteiger partial charge on any atom is 0.261 e. The number of aromatic nitrogens is 1. The van der Waals surface area contributed by atoms with Crippen LogP contribution in [0.3, 0.4) is 0 Å². The summed E-state index contributed by atoms with van der Waals surface area (Å²) in [7, 11) is 4.11. The Hall–Kier alpha value is -2.57. The van der Waals surface area contributed by atoms with E-state index in [9.17, 15) is 9.18 Å². The van der Waals surface area contributed by atoms with Crippen molar-refractivity contribution < 1.29 is 9.18 Å². The van der Waals surface area contributed by atoms with Gasteiger partial charge in [0.25, 0.3) is 5.91 Å². The van der Waals surface area contributed by atoms with Crippen molar-refractivity contribution in [3.8, 4) is 10.6 Å². The first-order valence-electron chi connectivity index (χ1n) is 10.8. The van der Waals surface area contributed by atoms with E-state index in [1.54, 1.807) is 18.3 Å². The SMILES string of the molecule is CN(C)C(c1cccc(F)c1)C1CCC(NC(=O)c2ccc(-c3ccccn3)s2)CC1. The number of carbonyl (C=O) groups excluding carboxylic acids is 1. The Morgan fingerprint density at radius 3 is 2.58 bits per heavy atom. The van der Waals surface area contributed by atoms with Crippen molar-refractivity contribution in [2.45, 2.75) is 37.8 Å². The van der Waals surface area contributed by atoms with Crippen LogP contribution >= 0.6 is 11.3 Å². The van der Waals surface area contributed by atoms with Gasteiger partial charge in [0.15, 0.2) is 0 Å². The first-order valence-corrected chi connectivity index (χ1v) is 11.6. The molecule has 0 radical (unpaired) electrons. The third-order valence-corrected chi connectivity index (χ3v) is 7.15. The van der Waals surface area contributed by atoms with Crippen LogP contribution in [-0.4, -0.2) is 35.9 Å². The molecule has 3 aromatic rings. The largest absolute Gasteiger partial charge is 0.349 e. The zero-order valence-corrected chi connectivity index (χ0v) is 18.7. The lowest BCUT2D eigenvalue weighted by Gasteiger charge is -2.37. The number of nitrogens with zero attached hydrogens (tertiary/aromatic N) is 2. The molecule has 4 nitrogen and oxygen atoms in total. The van der Waals surface area contributed by atoms with Crippen LogP contribution in [0.2, 0.25) is 0 Å². The Labute approximate surface area is 187 Å². The molecule has 1 unspecified atom stereocenters. The third kappa shape index (κ3) is 5.20. The fourth-order valence-electron chi connectivity index (χ4n) is 4.62. The van der Waals surface area contributed by atoms with Gasteiger partial charge in [-0.05, 0) is 87.7 Å². The average molecular weight is 438 g/mol. The van der Waals surface area contributed by atoms with Gasteiger partial charge >= 0.3 is 0 Å². The highest BCUT2D eigenvalue weighted by Crippen LogP contribution is 2.37. The second-order valence-corrected chi connectivity index (χ2v) is 9.51. The summed E-state index contributed by atoms with van der Waals surface area (Å²) in [5, 5.41) is 3.22. The number of pyridine rings is 1. The number of amides is 1. The van der Waals surface area contributed by atoms with Gasteiger partial charge in [-0.1, -0.05) is 18.2 Å². The Morgan fingerprint density at radius 1 is 1.10 bits per heavy atom. The maximum absolute atomic E-state index is 13.8. The summed E-state index contributed by atoms with van der Waals surface area (Å²) < 4.78 is 13.8. The molecule has 1 fully saturated rings. The summed E-state index contributed by atoms with van der Waals surface area (Å²) in [6.07, 6.45) is 5.66. The molecule has 2 aromatic heterocycles. The fraction of sp³-hybridized carbons (Fsp3) is 0.360. The molecule has 1 atom stereocenters. The quantitative estimate of drug-likeness (QED) is 0.551. The lowest BCUT2D eigenvalue weighted by atomic mass is 9.78. The van der Waals surface area contributed by atoms with Gasteiger partial charge < -0.3 is 10.2 Å². The Balaban J connectivity index is 1.35.